The quantitative estimate of drug-likeness (QED) is 0.737. The fourth-order valence-corrected chi connectivity index (χ4v) is 3.70. The first-order chi connectivity index (χ1) is 15.8. The molecule has 178 valence electrons. The number of nitrogens with zero attached hydrogens (tertiary/aromatic N) is 1. The Labute approximate surface area is 195 Å². The predicted molar refractivity (Wildman–Crippen MR) is 127 cm³/mol. The number of carbonyl (C=O) groups is 2. The molecule has 8 heteroatoms. The minimum Gasteiger partial charge on any atom is -0.497 e. The molecular weight excluding hydrogens is 422 g/mol. The highest BCUT2D eigenvalue weighted by molar-refractivity contribution is 6.05. The van der Waals surface area contributed by atoms with Crippen LogP contribution in [0.5, 0.6) is 11.5 Å². The minimum atomic E-state index is -0.280. The summed E-state index contributed by atoms with van der Waals surface area (Å²) in [5, 5.41) is 6.33. The van der Waals surface area contributed by atoms with Crippen molar-refractivity contribution in [1.29, 1.82) is 0 Å². The Bertz CT molecular complexity index is 980. The number of anilines is 1. The normalized spacial score (nSPS) is 21.8. The van der Waals surface area contributed by atoms with Gasteiger partial charge in [0.1, 0.15) is 18.1 Å². The molecule has 0 spiro atoms. The standard InChI is InChI=1S/C25H33N3O5/c1-16-13-26-17(2)15-33-22-12-19(27-24(29)18-7-6-8-20(11-18)31-4)9-10-21(22)25(30)28(3)14-23(16)32-5/h6-12,16-17,23,26H,13-15H2,1-5H3,(H,27,29)/t16-,17+,23-/m1/s1. The van der Waals surface area contributed by atoms with Crippen LogP contribution in [0, 0.1) is 5.92 Å². The second kappa shape index (κ2) is 11.2. The summed E-state index contributed by atoms with van der Waals surface area (Å²) in [4.78, 5) is 27.6. The van der Waals surface area contributed by atoms with Crippen molar-refractivity contribution in [2.24, 2.45) is 5.92 Å². The lowest BCUT2D eigenvalue weighted by molar-refractivity contribution is 0.0281. The van der Waals surface area contributed by atoms with Crippen LogP contribution in [0.2, 0.25) is 0 Å². The lowest BCUT2D eigenvalue weighted by Gasteiger charge is -2.30. The third kappa shape index (κ3) is 6.24. The van der Waals surface area contributed by atoms with Gasteiger partial charge in [0.2, 0.25) is 0 Å². The summed E-state index contributed by atoms with van der Waals surface area (Å²) in [6.07, 6.45) is -0.0936. The van der Waals surface area contributed by atoms with Crippen molar-refractivity contribution >= 4 is 17.5 Å². The van der Waals surface area contributed by atoms with E-state index in [1.54, 1.807) is 68.6 Å². The largest absolute Gasteiger partial charge is 0.497 e. The molecule has 2 amide bonds. The number of rotatable bonds is 4. The van der Waals surface area contributed by atoms with Gasteiger partial charge in [0.05, 0.1) is 18.8 Å². The van der Waals surface area contributed by atoms with Crippen LogP contribution in [0.3, 0.4) is 0 Å². The number of amides is 2. The molecular formula is C25H33N3O5. The summed E-state index contributed by atoms with van der Waals surface area (Å²) in [7, 11) is 4.98. The molecule has 0 aliphatic carbocycles. The second-order valence-corrected chi connectivity index (χ2v) is 8.45. The number of benzene rings is 2. The van der Waals surface area contributed by atoms with Crippen LogP contribution < -0.4 is 20.1 Å². The van der Waals surface area contributed by atoms with E-state index in [4.69, 9.17) is 14.2 Å². The van der Waals surface area contributed by atoms with Gasteiger partial charge < -0.3 is 29.7 Å². The molecule has 0 fully saturated rings. The van der Waals surface area contributed by atoms with Crippen molar-refractivity contribution in [3.05, 3.63) is 53.6 Å². The van der Waals surface area contributed by atoms with Crippen molar-refractivity contribution in [2.75, 3.05) is 46.3 Å². The van der Waals surface area contributed by atoms with Crippen LogP contribution in [-0.2, 0) is 4.74 Å². The molecule has 8 nitrogen and oxygen atoms in total. The van der Waals surface area contributed by atoms with Crippen molar-refractivity contribution in [1.82, 2.24) is 10.2 Å². The third-order valence-corrected chi connectivity index (χ3v) is 5.82. The highest BCUT2D eigenvalue weighted by atomic mass is 16.5. The molecule has 3 rings (SSSR count). The fourth-order valence-electron chi connectivity index (χ4n) is 3.70. The predicted octanol–water partition coefficient (Wildman–Crippen LogP) is 3.04. The Hall–Kier alpha value is -3.10. The summed E-state index contributed by atoms with van der Waals surface area (Å²) in [6, 6.07) is 12.1. The van der Waals surface area contributed by atoms with Crippen molar-refractivity contribution in [2.45, 2.75) is 26.0 Å². The molecule has 3 atom stereocenters. The number of likely N-dealkylation sites (N-methyl/N-ethyl adjacent to an activating group) is 1. The van der Waals surface area contributed by atoms with Gasteiger partial charge in [-0.1, -0.05) is 13.0 Å². The first-order valence-electron chi connectivity index (χ1n) is 11.1. The van der Waals surface area contributed by atoms with E-state index in [9.17, 15) is 9.59 Å². The molecule has 0 saturated heterocycles. The number of carbonyl (C=O) groups excluding carboxylic acids is 2. The summed E-state index contributed by atoms with van der Waals surface area (Å²) in [5.74, 6) is 0.804. The van der Waals surface area contributed by atoms with Gasteiger partial charge >= 0.3 is 0 Å². The van der Waals surface area contributed by atoms with E-state index in [1.165, 1.54) is 0 Å². The van der Waals surface area contributed by atoms with E-state index < -0.39 is 0 Å². The first-order valence-corrected chi connectivity index (χ1v) is 11.1. The van der Waals surface area contributed by atoms with Crippen molar-refractivity contribution in [3.63, 3.8) is 0 Å². The number of fused-ring (bicyclic) bond motifs is 1. The average molecular weight is 456 g/mol. The maximum absolute atomic E-state index is 13.2. The molecule has 0 aromatic heterocycles. The van der Waals surface area contributed by atoms with E-state index in [1.807, 2.05) is 6.92 Å². The summed E-state index contributed by atoms with van der Waals surface area (Å²) < 4.78 is 16.9. The third-order valence-electron chi connectivity index (χ3n) is 5.82. The summed E-state index contributed by atoms with van der Waals surface area (Å²) in [6.45, 7) is 5.71. The van der Waals surface area contributed by atoms with E-state index in [-0.39, 0.29) is 29.9 Å². The Balaban J connectivity index is 1.86. The maximum Gasteiger partial charge on any atom is 0.257 e. The molecule has 1 heterocycles. The maximum atomic E-state index is 13.2. The Morgan fingerprint density at radius 1 is 1.18 bits per heavy atom. The van der Waals surface area contributed by atoms with Crippen LogP contribution in [0.4, 0.5) is 5.69 Å². The molecule has 2 aromatic rings. The van der Waals surface area contributed by atoms with Gasteiger partial charge in [0.15, 0.2) is 0 Å². The van der Waals surface area contributed by atoms with Crippen LogP contribution in [0.15, 0.2) is 42.5 Å². The van der Waals surface area contributed by atoms with Crippen LogP contribution in [0.1, 0.15) is 34.6 Å². The highest BCUT2D eigenvalue weighted by Crippen LogP contribution is 2.26. The zero-order valence-corrected chi connectivity index (χ0v) is 19.9. The number of ether oxygens (including phenoxy) is 3. The van der Waals surface area contributed by atoms with Gasteiger partial charge in [-0.05, 0) is 43.2 Å². The van der Waals surface area contributed by atoms with E-state index in [0.29, 0.717) is 41.5 Å². The van der Waals surface area contributed by atoms with Crippen LogP contribution >= 0.6 is 0 Å². The number of hydrogen-bond acceptors (Lipinski definition) is 6. The van der Waals surface area contributed by atoms with Gasteiger partial charge in [-0.2, -0.15) is 0 Å². The molecule has 0 unspecified atom stereocenters. The van der Waals surface area contributed by atoms with Crippen LogP contribution in [0.25, 0.3) is 0 Å². The SMILES string of the molecule is COc1cccc(C(=O)Nc2ccc3c(c2)OC[C@H](C)NC[C@@H](C)[C@H](OC)CN(C)C3=O)c1. The molecule has 1 aliphatic rings. The fraction of sp³-hybridized carbons (Fsp3) is 0.440. The molecule has 2 N–H and O–H groups in total. The zero-order chi connectivity index (χ0) is 24.0. The highest BCUT2D eigenvalue weighted by Gasteiger charge is 2.25. The molecule has 33 heavy (non-hydrogen) atoms. The smallest absolute Gasteiger partial charge is 0.257 e. The topological polar surface area (TPSA) is 89.1 Å². The minimum absolute atomic E-state index is 0.0695. The average Bonchev–Trinajstić information content (AvgIpc) is 2.83. The van der Waals surface area contributed by atoms with Gasteiger partial charge in [-0.3, -0.25) is 9.59 Å². The molecule has 1 aliphatic heterocycles. The van der Waals surface area contributed by atoms with Gasteiger partial charge in [-0.15, -0.1) is 0 Å². The summed E-state index contributed by atoms with van der Waals surface area (Å²) in [5.41, 5.74) is 1.44. The monoisotopic (exact) mass is 455 g/mol. The van der Waals surface area contributed by atoms with Gasteiger partial charge in [0.25, 0.3) is 11.8 Å². The Morgan fingerprint density at radius 2 is 1.97 bits per heavy atom. The molecule has 0 radical (unpaired) electrons. The number of methoxy groups -OCH3 is 2. The lowest BCUT2D eigenvalue weighted by atomic mass is 10.0. The van der Waals surface area contributed by atoms with E-state index >= 15 is 0 Å². The number of nitrogens with one attached hydrogen (secondary N) is 2. The summed E-state index contributed by atoms with van der Waals surface area (Å²) >= 11 is 0. The van der Waals surface area contributed by atoms with E-state index in [2.05, 4.69) is 17.6 Å². The lowest BCUT2D eigenvalue weighted by Crippen LogP contribution is -2.44. The zero-order valence-electron chi connectivity index (χ0n) is 19.9. The Kier molecular flexibility index (Phi) is 8.30. The molecule has 2 aromatic carbocycles. The first kappa shape index (κ1) is 24.5. The van der Waals surface area contributed by atoms with Gasteiger partial charge in [-0.25, -0.2) is 0 Å². The molecule has 0 saturated carbocycles. The van der Waals surface area contributed by atoms with Crippen LogP contribution in [-0.4, -0.2) is 69.8 Å². The molecule has 0 bridgehead atoms. The number of hydrogen-bond donors (Lipinski definition) is 2. The second-order valence-electron chi connectivity index (χ2n) is 8.45. The Morgan fingerprint density at radius 3 is 2.70 bits per heavy atom. The van der Waals surface area contributed by atoms with Crippen molar-refractivity contribution in [3.8, 4) is 11.5 Å². The van der Waals surface area contributed by atoms with Gasteiger partial charge in [0, 0.05) is 50.6 Å². The van der Waals surface area contributed by atoms with Crippen molar-refractivity contribution < 1.29 is 23.8 Å². The van der Waals surface area contributed by atoms with E-state index in [0.717, 1.165) is 6.54 Å².